The molecule has 4 aromatic carbocycles. The number of carbonyl (C=O) groups is 4. The Morgan fingerprint density at radius 3 is 1.94 bits per heavy atom. The molecular weight excluding hydrogens is 642 g/mol. The van der Waals surface area contributed by atoms with Gasteiger partial charge >= 0.3 is 0 Å². The predicted molar refractivity (Wildman–Crippen MR) is 196 cm³/mol. The summed E-state index contributed by atoms with van der Waals surface area (Å²) in [7, 11) is 1.57. The van der Waals surface area contributed by atoms with Crippen molar-refractivity contribution in [2.75, 3.05) is 13.7 Å². The maximum absolute atomic E-state index is 14.1. The minimum atomic E-state index is -1.05. The molecule has 1 aliphatic heterocycles. The Balaban J connectivity index is 1.18. The number of rotatable bonds is 14. The van der Waals surface area contributed by atoms with Gasteiger partial charge in [0.2, 0.25) is 17.7 Å². The molecule has 0 radical (unpaired) electrons. The van der Waals surface area contributed by atoms with E-state index in [0.717, 1.165) is 39.0 Å². The summed E-state index contributed by atoms with van der Waals surface area (Å²) in [6.07, 6.45) is 0.866. The number of fused-ring (bicyclic) bond motifs is 1. The highest BCUT2D eigenvalue weighted by Gasteiger charge is 2.50. The zero-order valence-corrected chi connectivity index (χ0v) is 29.3. The van der Waals surface area contributed by atoms with E-state index >= 15 is 0 Å². The maximum atomic E-state index is 14.1. The first-order valence-electron chi connectivity index (χ1n) is 17.2. The molecule has 1 fully saturated rings. The molecule has 0 unspecified atom stereocenters. The number of benzene rings is 4. The molecule has 1 heterocycles. The van der Waals surface area contributed by atoms with E-state index in [1.54, 1.807) is 33.1 Å². The van der Waals surface area contributed by atoms with Crippen molar-refractivity contribution < 1.29 is 28.7 Å². The van der Waals surface area contributed by atoms with Gasteiger partial charge in [-0.3, -0.25) is 19.2 Å². The van der Waals surface area contributed by atoms with E-state index < -0.39 is 35.5 Å². The number of hydrogen-bond acceptors (Lipinski definition) is 6. The molecule has 262 valence electrons. The van der Waals surface area contributed by atoms with Crippen LogP contribution in [0.2, 0.25) is 0 Å². The monoisotopic (exact) mass is 685 g/mol. The highest BCUT2D eigenvalue weighted by atomic mass is 16.6. The highest BCUT2D eigenvalue weighted by molar-refractivity contribution is 6.05. The minimum Gasteiger partial charge on any atom is -0.497 e. The molecule has 51 heavy (non-hydrogen) atoms. The zero-order chi connectivity index (χ0) is 36.1. The van der Waals surface area contributed by atoms with Gasteiger partial charge in [-0.25, -0.2) is 0 Å². The van der Waals surface area contributed by atoms with Crippen molar-refractivity contribution in [3.63, 3.8) is 0 Å². The third-order valence-corrected chi connectivity index (χ3v) is 9.72. The molecule has 3 N–H and O–H groups in total. The first kappa shape index (κ1) is 35.3. The van der Waals surface area contributed by atoms with Gasteiger partial charge in [0.15, 0.2) is 5.78 Å². The maximum Gasteiger partial charge on any atom is 0.248 e. The number of ether oxygens (including phenoxy) is 2. The Morgan fingerprint density at radius 2 is 1.31 bits per heavy atom. The second-order valence-electron chi connectivity index (χ2n) is 13.5. The van der Waals surface area contributed by atoms with Crippen molar-refractivity contribution in [3.05, 3.63) is 131 Å². The van der Waals surface area contributed by atoms with E-state index in [-0.39, 0.29) is 31.1 Å². The second-order valence-corrected chi connectivity index (χ2v) is 13.5. The van der Waals surface area contributed by atoms with E-state index in [2.05, 4.69) is 16.0 Å². The molecule has 3 amide bonds. The number of epoxide rings is 1. The van der Waals surface area contributed by atoms with Crippen LogP contribution in [0.4, 0.5) is 0 Å². The van der Waals surface area contributed by atoms with Gasteiger partial charge in [-0.05, 0) is 78.3 Å². The summed E-state index contributed by atoms with van der Waals surface area (Å²) in [5.74, 6) is -0.961. The number of methoxy groups -OCH3 is 1. The summed E-state index contributed by atoms with van der Waals surface area (Å²) in [6, 6.07) is 30.0. The van der Waals surface area contributed by atoms with Gasteiger partial charge < -0.3 is 25.4 Å². The zero-order valence-electron chi connectivity index (χ0n) is 29.3. The Hall–Kier alpha value is -5.54. The quantitative estimate of drug-likeness (QED) is 0.160. The number of Topliss-reactive ketones (excluding diaryl/α,β-unsaturated/α-hetero) is 1. The van der Waals surface area contributed by atoms with Crippen LogP contribution in [0.15, 0.2) is 109 Å². The van der Waals surface area contributed by atoms with Crippen LogP contribution in [-0.4, -0.2) is 60.9 Å². The Morgan fingerprint density at radius 1 is 0.745 bits per heavy atom. The Labute approximate surface area is 298 Å². The van der Waals surface area contributed by atoms with Gasteiger partial charge in [-0.1, -0.05) is 91.0 Å². The lowest BCUT2D eigenvalue weighted by Gasteiger charge is -2.25. The van der Waals surface area contributed by atoms with Crippen molar-refractivity contribution in [2.45, 2.75) is 63.8 Å². The summed E-state index contributed by atoms with van der Waals surface area (Å²) in [6.45, 7) is 5.48. The van der Waals surface area contributed by atoms with Crippen LogP contribution >= 0.6 is 0 Å². The summed E-state index contributed by atoms with van der Waals surface area (Å²) >= 11 is 0. The molecular formula is C42H43N3O6. The second kappa shape index (κ2) is 15.1. The standard InChI is InChI=1S/C42H43N3O6/c1-26-34-13-9-8-12-32(34)24-35(26)40(48)43-27(2)39(47)45-37(23-29-16-20-33(50-4)21-17-29)41(49)44-36(38(46)42(3)25-51-42)22-28-14-18-31(19-15-28)30-10-6-5-7-11-30/h5-21,27,36-37H,22-25H2,1-4H3,(H,43,48)(H,44,49)(H,45,47)/t27-,36-,37-,42+/m0/s1. The molecule has 1 saturated heterocycles. The normalized spacial score (nSPS) is 17.8. The summed E-state index contributed by atoms with van der Waals surface area (Å²) < 4.78 is 10.8. The van der Waals surface area contributed by atoms with Crippen LogP contribution in [0.1, 0.15) is 43.0 Å². The molecule has 4 atom stereocenters. The number of carbonyl (C=O) groups excluding carboxylic acids is 4. The molecule has 0 saturated carbocycles. The number of nitrogens with one attached hydrogen (secondary N) is 3. The van der Waals surface area contributed by atoms with Crippen LogP contribution in [0.25, 0.3) is 16.7 Å². The largest absolute Gasteiger partial charge is 0.497 e. The number of ketones is 1. The fourth-order valence-electron chi connectivity index (χ4n) is 6.43. The van der Waals surface area contributed by atoms with E-state index in [4.69, 9.17) is 9.47 Å². The summed E-state index contributed by atoms with van der Waals surface area (Å²) in [5.41, 5.74) is 6.35. The van der Waals surface area contributed by atoms with Crippen molar-refractivity contribution in [3.8, 4) is 16.9 Å². The number of hydrogen-bond donors (Lipinski definition) is 3. The van der Waals surface area contributed by atoms with E-state index in [1.807, 2.05) is 97.9 Å². The molecule has 1 aliphatic carbocycles. The van der Waals surface area contributed by atoms with Crippen molar-refractivity contribution in [1.82, 2.24) is 16.0 Å². The molecule has 2 aliphatic rings. The fourth-order valence-corrected chi connectivity index (χ4v) is 6.43. The van der Waals surface area contributed by atoms with Crippen molar-refractivity contribution in [1.29, 1.82) is 0 Å². The van der Waals surface area contributed by atoms with Crippen LogP contribution < -0.4 is 20.7 Å². The Kier molecular flexibility index (Phi) is 10.5. The Bertz CT molecular complexity index is 1950. The highest BCUT2D eigenvalue weighted by Crippen LogP contribution is 2.32. The SMILES string of the molecule is COc1ccc(C[C@H](NC(=O)[C@H](C)NC(=O)C2=C(C)c3ccccc3C2)C(=O)N[C@@H](Cc2ccc(-c3ccccc3)cc2)C(=O)[C@@]2(C)CO2)cc1. The van der Waals surface area contributed by atoms with E-state index in [0.29, 0.717) is 17.7 Å². The lowest BCUT2D eigenvalue weighted by Crippen LogP contribution is -2.57. The summed E-state index contributed by atoms with van der Waals surface area (Å²) in [5, 5.41) is 8.61. The van der Waals surface area contributed by atoms with Gasteiger partial charge in [0, 0.05) is 18.4 Å². The predicted octanol–water partition coefficient (Wildman–Crippen LogP) is 5.01. The molecule has 0 aromatic heterocycles. The van der Waals surface area contributed by atoms with Gasteiger partial charge in [-0.15, -0.1) is 0 Å². The van der Waals surface area contributed by atoms with Gasteiger partial charge in [0.25, 0.3) is 0 Å². The van der Waals surface area contributed by atoms with Gasteiger partial charge in [0.1, 0.15) is 23.4 Å². The van der Waals surface area contributed by atoms with Gasteiger partial charge in [0.05, 0.1) is 19.8 Å². The topological polar surface area (TPSA) is 126 Å². The van der Waals surface area contributed by atoms with Crippen LogP contribution in [-0.2, 0) is 43.2 Å². The average molecular weight is 686 g/mol. The van der Waals surface area contributed by atoms with E-state index in [9.17, 15) is 19.2 Å². The average Bonchev–Trinajstić information content (AvgIpc) is 3.82. The first-order chi connectivity index (χ1) is 24.5. The fraction of sp³-hybridized carbons (Fsp3) is 0.286. The van der Waals surface area contributed by atoms with E-state index in [1.165, 1.54) is 0 Å². The number of allylic oxidation sites excluding steroid dienone is 1. The lowest BCUT2D eigenvalue weighted by molar-refractivity contribution is -0.133. The summed E-state index contributed by atoms with van der Waals surface area (Å²) in [4.78, 5) is 54.7. The lowest BCUT2D eigenvalue weighted by atomic mass is 9.93. The van der Waals surface area contributed by atoms with Gasteiger partial charge in [-0.2, -0.15) is 0 Å². The molecule has 9 nitrogen and oxygen atoms in total. The first-order valence-corrected chi connectivity index (χ1v) is 17.2. The number of amides is 3. The molecule has 4 aromatic rings. The third-order valence-electron chi connectivity index (χ3n) is 9.72. The molecule has 9 heteroatoms. The smallest absolute Gasteiger partial charge is 0.248 e. The van der Waals surface area contributed by atoms with Crippen molar-refractivity contribution >= 4 is 29.1 Å². The van der Waals surface area contributed by atoms with Crippen LogP contribution in [0, 0.1) is 0 Å². The molecule has 0 spiro atoms. The van der Waals surface area contributed by atoms with Crippen LogP contribution in [0.3, 0.4) is 0 Å². The van der Waals surface area contributed by atoms with Crippen molar-refractivity contribution in [2.24, 2.45) is 0 Å². The minimum absolute atomic E-state index is 0.141. The van der Waals surface area contributed by atoms with Crippen LogP contribution in [0.5, 0.6) is 5.75 Å². The molecule has 6 rings (SSSR count). The third kappa shape index (κ3) is 8.27. The molecule has 0 bridgehead atoms.